The smallest absolute Gasteiger partial charge is 0.337 e. The molecular formula is C32H34N2O3. The molecule has 0 saturated heterocycles. The van der Waals surface area contributed by atoms with Crippen LogP contribution in [0.2, 0.25) is 0 Å². The highest BCUT2D eigenvalue weighted by Crippen LogP contribution is 2.86. The fourth-order valence-corrected chi connectivity index (χ4v) is 8.92. The van der Waals surface area contributed by atoms with Gasteiger partial charge in [0.25, 0.3) is 0 Å². The van der Waals surface area contributed by atoms with Crippen molar-refractivity contribution < 1.29 is 14.6 Å². The minimum atomic E-state index is -0.992. The van der Waals surface area contributed by atoms with Crippen molar-refractivity contribution >= 4 is 28.7 Å². The van der Waals surface area contributed by atoms with Gasteiger partial charge in [-0.2, -0.15) is 0 Å². The summed E-state index contributed by atoms with van der Waals surface area (Å²) in [5.41, 5.74) is 7.65. The van der Waals surface area contributed by atoms with E-state index in [4.69, 9.17) is 4.74 Å². The molecule has 5 nitrogen and oxygen atoms in total. The van der Waals surface area contributed by atoms with E-state index in [0.29, 0.717) is 22.3 Å². The predicted molar refractivity (Wildman–Crippen MR) is 147 cm³/mol. The molecule has 190 valence electrons. The Bertz CT molecular complexity index is 1420. The third-order valence-corrected chi connectivity index (χ3v) is 10.5. The van der Waals surface area contributed by atoms with E-state index >= 15 is 0 Å². The number of fused-ring (bicyclic) bond motifs is 1. The molecule has 4 fully saturated rings. The van der Waals surface area contributed by atoms with Gasteiger partial charge in [0.15, 0.2) is 0 Å². The van der Waals surface area contributed by atoms with Gasteiger partial charge in [-0.1, -0.05) is 12.1 Å². The molecule has 4 saturated carbocycles. The Morgan fingerprint density at radius 2 is 1.70 bits per heavy atom. The van der Waals surface area contributed by atoms with Gasteiger partial charge in [0.05, 0.1) is 18.4 Å². The third kappa shape index (κ3) is 3.00. The van der Waals surface area contributed by atoms with Gasteiger partial charge in [-0.15, -0.1) is 0 Å². The molecule has 5 heteroatoms. The summed E-state index contributed by atoms with van der Waals surface area (Å²) in [7, 11) is 3.64. The highest BCUT2D eigenvalue weighted by molar-refractivity contribution is 5.96. The number of carboxylic acid groups (broad SMARTS) is 1. The molecule has 0 amide bonds. The number of carboxylic acids is 1. The first kappa shape index (κ1) is 22.7. The number of methoxy groups -OCH3 is 1. The summed E-state index contributed by atoms with van der Waals surface area (Å²) in [4.78, 5) is 14.0. The average molecular weight is 495 g/mol. The zero-order chi connectivity index (χ0) is 25.5. The van der Waals surface area contributed by atoms with Crippen LogP contribution in [0.5, 0.6) is 5.75 Å². The van der Waals surface area contributed by atoms with Crippen LogP contribution in [0, 0.1) is 30.1 Å². The molecule has 0 radical (unpaired) electrons. The van der Waals surface area contributed by atoms with Crippen LogP contribution < -0.4 is 15.0 Å². The summed E-state index contributed by atoms with van der Waals surface area (Å²) in [5, 5.41) is 12.9. The Kier molecular flexibility index (Phi) is 4.77. The number of aryl methyl sites for hydroxylation is 1. The fraction of sp³-hybridized carbons (Fsp3) is 0.406. The molecule has 0 heterocycles. The molecule has 1 spiro atoms. The largest absolute Gasteiger partial charge is 0.497 e. The Morgan fingerprint density at radius 3 is 2.38 bits per heavy atom. The van der Waals surface area contributed by atoms with Gasteiger partial charge in [-0.3, -0.25) is 0 Å². The molecule has 37 heavy (non-hydrogen) atoms. The molecule has 3 aromatic rings. The Labute approximate surface area is 218 Å². The van der Waals surface area contributed by atoms with E-state index in [1.807, 2.05) is 13.0 Å². The summed E-state index contributed by atoms with van der Waals surface area (Å²) in [6, 6.07) is 20.7. The van der Waals surface area contributed by atoms with Crippen LogP contribution in [0.15, 0.2) is 60.7 Å². The lowest BCUT2D eigenvalue weighted by Crippen LogP contribution is -2.68. The zero-order valence-corrected chi connectivity index (χ0v) is 21.8. The van der Waals surface area contributed by atoms with Crippen LogP contribution in [0.3, 0.4) is 0 Å². The molecule has 0 aromatic heterocycles. The van der Waals surface area contributed by atoms with Crippen LogP contribution in [0.25, 0.3) is 0 Å². The predicted octanol–water partition coefficient (Wildman–Crippen LogP) is 7.29. The maximum Gasteiger partial charge on any atom is 0.337 e. The number of ether oxygens (including phenoxy) is 1. The minimum Gasteiger partial charge on any atom is -0.497 e. The van der Waals surface area contributed by atoms with E-state index in [2.05, 4.69) is 53.7 Å². The number of aromatic carboxylic acids is 1. The Balaban J connectivity index is 1.10. The number of nitrogens with one attached hydrogen (secondary N) is 1. The second-order valence-electron chi connectivity index (χ2n) is 11.9. The zero-order valence-electron chi connectivity index (χ0n) is 21.8. The SMILES string of the molecule is COc1ccc(Nc2ccc(N(C)c3ccc(C45CC6CC7CC(C4)C75C6)cc3)cc2C)c(C(=O)O)c1. The van der Waals surface area contributed by atoms with E-state index in [1.165, 1.54) is 51.0 Å². The van der Waals surface area contributed by atoms with Gasteiger partial charge in [0.1, 0.15) is 5.75 Å². The lowest BCUT2D eigenvalue weighted by atomic mass is 9.31. The van der Waals surface area contributed by atoms with Crippen molar-refractivity contribution in [2.75, 3.05) is 24.4 Å². The summed E-state index contributed by atoms with van der Waals surface area (Å²) >= 11 is 0. The summed E-state index contributed by atoms with van der Waals surface area (Å²) in [5.74, 6) is 2.51. The molecule has 2 N–H and O–H groups in total. The molecular weight excluding hydrogens is 460 g/mol. The van der Waals surface area contributed by atoms with Gasteiger partial charge < -0.3 is 20.1 Å². The first-order chi connectivity index (χ1) is 17.8. The van der Waals surface area contributed by atoms with Crippen molar-refractivity contribution in [2.45, 2.75) is 44.4 Å². The van der Waals surface area contributed by atoms with Crippen molar-refractivity contribution in [3.63, 3.8) is 0 Å². The van der Waals surface area contributed by atoms with Gasteiger partial charge in [-0.25, -0.2) is 4.79 Å². The van der Waals surface area contributed by atoms with Crippen molar-refractivity contribution in [1.29, 1.82) is 0 Å². The maximum atomic E-state index is 11.8. The molecule has 5 atom stereocenters. The van der Waals surface area contributed by atoms with Crippen molar-refractivity contribution in [2.24, 2.45) is 23.2 Å². The van der Waals surface area contributed by atoms with E-state index in [9.17, 15) is 9.90 Å². The minimum absolute atomic E-state index is 0.181. The maximum absolute atomic E-state index is 11.8. The first-order valence-electron chi connectivity index (χ1n) is 13.5. The monoisotopic (exact) mass is 494 g/mol. The quantitative estimate of drug-likeness (QED) is 0.361. The summed E-state index contributed by atoms with van der Waals surface area (Å²) in [6.07, 6.45) is 7.33. The van der Waals surface area contributed by atoms with E-state index in [0.717, 1.165) is 34.7 Å². The summed E-state index contributed by atoms with van der Waals surface area (Å²) < 4.78 is 5.19. The molecule has 0 aliphatic heterocycles. The number of nitrogens with zero attached hydrogens (tertiary/aromatic N) is 1. The number of hydrogen-bond acceptors (Lipinski definition) is 4. The number of rotatable bonds is 7. The first-order valence-corrected chi connectivity index (χ1v) is 13.5. The normalized spacial score (nSPS) is 30.2. The average Bonchev–Trinajstić information content (AvgIpc) is 3.39. The standard InChI is InChI=1S/C32H34N2O3/c1-19-12-25(8-10-28(19)33-29-11-9-26(37-3)15-27(29)30(35)36)34(2)24-6-4-21(5-7-24)31-16-20-13-22-14-23(18-31)32(22,31)17-20/h4-12,15,20,22-23,33H,13-14,16-18H2,1-3H3,(H,35,36). The fourth-order valence-electron chi connectivity index (χ4n) is 8.92. The second kappa shape index (κ2) is 7.77. The molecule has 3 aromatic carbocycles. The van der Waals surface area contributed by atoms with Crippen LogP contribution in [-0.4, -0.2) is 25.2 Å². The van der Waals surface area contributed by atoms with Crippen LogP contribution in [0.1, 0.15) is 53.6 Å². The van der Waals surface area contributed by atoms with Crippen LogP contribution in [0.4, 0.5) is 22.7 Å². The van der Waals surface area contributed by atoms with Gasteiger partial charge in [-0.05, 0) is 122 Å². The highest BCUT2D eigenvalue weighted by atomic mass is 16.5. The topological polar surface area (TPSA) is 61.8 Å². The van der Waals surface area contributed by atoms with Gasteiger partial charge in [0, 0.05) is 29.5 Å². The van der Waals surface area contributed by atoms with Crippen molar-refractivity contribution in [3.8, 4) is 5.75 Å². The van der Waals surface area contributed by atoms with Crippen LogP contribution in [-0.2, 0) is 5.41 Å². The number of benzene rings is 3. The van der Waals surface area contributed by atoms with E-state index in [-0.39, 0.29) is 5.56 Å². The second-order valence-corrected chi connectivity index (χ2v) is 11.9. The lowest BCUT2D eigenvalue weighted by Gasteiger charge is -2.73. The summed E-state index contributed by atoms with van der Waals surface area (Å²) in [6.45, 7) is 2.04. The van der Waals surface area contributed by atoms with Crippen molar-refractivity contribution in [3.05, 3.63) is 77.4 Å². The van der Waals surface area contributed by atoms with Crippen molar-refractivity contribution in [1.82, 2.24) is 0 Å². The van der Waals surface area contributed by atoms with E-state index in [1.54, 1.807) is 17.7 Å². The number of anilines is 4. The molecule has 2 bridgehead atoms. The Hall–Kier alpha value is -3.47. The van der Waals surface area contributed by atoms with Crippen LogP contribution >= 0.6 is 0 Å². The molecule has 4 aliphatic carbocycles. The third-order valence-electron chi connectivity index (χ3n) is 10.5. The van der Waals surface area contributed by atoms with Gasteiger partial charge >= 0.3 is 5.97 Å². The Morgan fingerprint density at radius 1 is 0.946 bits per heavy atom. The number of hydrogen-bond donors (Lipinski definition) is 2. The molecule has 5 unspecified atom stereocenters. The highest BCUT2D eigenvalue weighted by Gasteiger charge is 2.80. The lowest BCUT2D eigenvalue weighted by molar-refractivity contribution is -0.198. The molecule has 4 aliphatic rings. The number of carbonyl (C=O) groups is 1. The molecule has 7 rings (SSSR count). The van der Waals surface area contributed by atoms with E-state index < -0.39 is 5.97 Å². The van der Waals surface area contributed by atoms with Gasteiger partial charge in [0.2, 0.25) is 0 Å².